The highest BCUT2D eigenvalue weighted by Gasteiger charge is 2.43. The number of carbonyl (C=O) groups is 1. The molecule has 1 aromatic rings. The zero-order chi connectivity index (χ0) is 17.9. The van der Waals surface area contributed by atoms with Gasteiger partial charge in [-0.1, -0.05) is 6.07 Å². The van der Waals surface area contributed by atoms with Gasteiger partial charge >= 0.3 is 5.97 Å². The lowest BCUT2D eigenvalue weighted by atomic mass is 9.99. The van der Waals surface area contributed by atoms with Gasteiger partial charge in [-0.25, -0.2) is 4.79 Å². The topological polar surface area (TPSA) is 157 Å². The molecule has 0 aliphatic carbocycles. The lowest BCUT2D eigenvalue weighted by Crippen LogP contribution is -2.58. The maximum atomic E-state index is 11.6. The fourth-order valence-electron chi connectivity index (χ4n) is 2.09. The number of aliphatic hydroxyl groups excluding tert-OH is 4. The first-order valence-electron chi connectivity index (χ1n) is 7.04. The summed E-state index contributed by atoms with van der Waals surface area (Å²) in [5.41, 5.74) is 0.435. The molecule has 9 heteroatoms. The van der Waals surface area contributed by atoms with Crippen LogP contribution >= 0.6 is 0 Å². The van der Waals surface area contributed by atoms with Crippen LogP contribution in [0, 0.1) is 0 Å². The predicted octanol–water partition coefficient (Wildman–Crippen LogP) is -1.55. The van der Waals surface area contributed by atoms with Crippen LogP contribution in [0.4, 0.5) is 0 Å². The molecule has 0 unspecified atom stereocenters. The minimum atomic E-state index is -1.71. The number of hydrogen-bond acceptors (Lipinski definition) is 9. The molecular formula is C15H18O9. The van der Waals surface area contributed by atoms with E-state index >= 15 is 0 Å². The van der Waals surface area contributed by atoms with Crippen molar-refractivity contribution in [1.82, 2.24) is 0 Å². The Kier molecular flexibility index (Phi) is 5.75. The van der Waals surface area contributed by atoms with Crippen molar-refractivity contribution in [3.8, 4) is 11.5 Å². The Morgan fingerprint density at radius 1 is 1.08 bits per heavy atom. The van der Waals surface area contributed by atoms with Gasteiger partial charge in [-0.15, -0.1) is 0 Å². The molecule has 24 heavy (non-hydrogen) atoms. The molecule has 1 saturated heterocycles. The van der Waals surface area contributed by atoms with Crippen LogP contribution in [-0.4, -0.2) is 73.9 Å². The van der Waals surface area contributed by atoms with E-state index in [0.29, 0.717) is 5.56 Å². The highest BCUT2D eigenvalue weighted by molar-refractivity contribution is 5.87. The number of aliphatic hydroxyl groups is 4. The van der Waals surface area contributed by atoms with Gasteiger partial charge in [0, 0.05) is 6.08 Å². The van der Waals surface area contributed by atoms with Gasteiger partial charge in [-0.3, -0.25) is 0 Å². The molecule has 0 bridgehead atoms. The van der Waals surface area contributed by atoms with Gasteiger partial charge in [0.2, 0.25) is 0 Å². The number of aromatic hydroxyl groups is 2. The summed E-state index contributed by atoms with van der Waals surface area (Å²) in [4.78, 5) is 11.6. The van der Waals surface area contributed by atoms with Crippen LogP contribution in [0.25, 0.3) is 6.08 Å². The largest absolute Gasteiger partial charge is 0.504 e. The van der Waals surface area contributed by atoms with Crippen molar-refractivity contribution in [1.29, 1.82) is 0 Å². The van der Waals surface area contributed by atoms with E-state index in [0.717, 1.165) is 6.08 Å². The van der Waals surface area contributed by atoms with Gasteiger partial charge in [0.1, 0.15) is 31.0 Å². The molecule has 0 amide bonds. The highest BCUT2D eigenvalue weighted by Crippen LogP contribution is 2.25. The molecule has 9 nitrogen and oxygen atoms in total. The predicted molar refractivity (Wildman–Crippen MR) is 78.7 cm³/mol. The van der Waals surface area contributed by atoms with Crippen molar-refractivity contribution in [3.05, 3.63) is 29.8 Å². The van der Waals surface area contributed by atoms with Gasteiger partial charge in [0.15, 0.2) is 17.8 Å². The fraction of sp³-hybridized carbons (Fsp3) is 0.400. The summed E-state index contributed by atoms with van der Waals surface area (Å²) in [6.45, 7) is -0.452. The summed E-state index contributed by atoms with van der Waals surface area (Å²) in [7, 11) is 0. The van der Waals surface area contributed by atoms with E-state index < -0.39 is 43.3 Å². The number of carbonyl (C=O) groups excluding carboxylic acids is 1. The summed E-state index contributed by atoms with van der Waals surface area (Å²) in [5.74, 6) is -1.43. The number of rotatable bonds is 4. The lowest BCUT2D eigenvalue weighted by molar-refractivity contribution is -0.287. The van der Waals surface area contributed by atoms with Crippen LogP contribution in [0.5, 0.6) is 11.5 Å². The Labute approximate surface area is 136 Å². The van der Waals surface area contributed by atoms with E-state index in [9.17, 15) is 35.4 Å². The molecule has 0 radical (unpaired) electrons. The van der Waals surface area contributed by atoms with E-state index in [1.165, 1.54) is 24.3 Å². The summed E-state index contributed by atoms with van der Waals surface area (Å²) in [6.07, 6.45) is -5.36. The molecule has 5 atom stereocenters. The van der Waals surface area contributed by atoms with Crippen LogP contribution in [0.1, 0.15) is 5.56 Å². The minimum Gasteiger partial charge on any atom is -0.504 e. The molecule has 1 aromatic carbocycles. The summed E-state index contributed by atoms with van der Waals surface area (Å²) in [5, 5.41) is 56.4. The lowest BCUT2D eigenvalue weighted by Gasteiger charge is -2.37. The standard InChI is InChI=1S/C15H18O9/c16-8-3-1-7(5-9(8)17)2-4-11(18)23-6-10-12(19)13(20)14(21)15(22)24-10/h1-5,10,12-17,19-22H,6H2/b4-2+/t10-,12-,13-,14-,15-/m1/s1. The van der Waals surface area contributed by atoms with Crippen LogP contribution in [0.3, 0.4) is 0 Å². The smallest absolute Gasteiger partial charge is 0.330 e. The third-order valence-electron chi connectivity index (χ3n) is 3.49. The maximum Gasteiger partial charge on any atom is 0.330 e. The van der Waals surface area contributed by atoms with E-state index in [1.54, 1.807) is 0 Å². The second-order valence-electron chi connectivity index (χ2n) is 5.25. The van der Waals surface area contributed by atoms with Crippen molar-refractivity contribution in [2.45, 2.75) is 30.7 Å². The normalized spacial score (nSPS) is 30.4. The van der Waals surface area contributed by atoms with Crippen molar-refractivity contribution in [2.24, 2.45) is 0 Å². The van der Waals surface area contributed by atoms with Crippen molar-refractivity contribution in [2.75, 3.05) is 6.61 Å². The zero-order valence-electron chi connectivity index (χ0n) is 12.4. The number of phenols is 2. The number of ether oxygens (including phenoxy) is 2. The van der Waals surface area contributed by atoms with Crippen LogP contribution < -0.4 is 0 Å². The number of hydrogen-bond donors (Lipinski definition) is 6. The maximum absolute atomic E-state index is 11.6. The van der Waals surface area contributed by atoms with Crippen molar-refractivity contribution in [3.63, 3.8) is 0 Å². The third-order valence-corrected chi connectivity index (χ3v) is 3.49. The Hall–Kier alpha value is -2.17. The number of benzene rings is 1. The Bertz CT molecular complexity index is 615. The molecule has 0 aromatic heterocycles. The average Bonchev–Trinajstić information content (AvgIpc) is 2.56. The molecule has 132 valence electrons. The fourth-order valence-corrected chi connectivity index (χ4v) is 2.09. The van der Waals surface area contributed by atoms with Gasteiger partial charge in [0.25, 0.3) is 0 Å². The molecule has 6 N–H and O–H groups in total. The quantitative estimate of drug-likeness (QED) is 0.217. The van der Waals surface area contributed by atoms with Gasteiger partial charge in [-0.2, -0.15) is 0 Å². The molecule has 0 saturated carbocycles. The van der Waals surface area contributed by atoms with Crippen molar-refractivity contribution < 1.29 is 44.9 Å². The molecule has 2 rings (SSSR count). The highest BCUT2D eigenvalue weighted by atomic mass is 16.6. The molecule has 1 heterocycles. The van der Waals surface area contributed by atoms with Gasteiger partial charge in [-0.05, 0) is 23.8 Å². The first kappa shape index (κ1) is 18.2. The summed E-state index contributed by atoms with van der Waals surface area (Å²) >= 11 is 0. The third kappa shape index (κ3) is 4.22. The monoisotopic (exact) mass is 342 g/mol. The van der Waals surface area contributed by atoms with Gasteiger partial charge in [0.05, 0.1) is 0 Å². The van der Waals surface area contributed by atoms with E-state index in [-0.39, 0.29) is 11.5 Å². The zero-order valence-corrected chi connectivity index (χ0v) is 12.4. The second-order valence-corrected chi connectivity index (χ2v) is 5.25. The molecule has 0 spiro atoms. The minimum absolute atomic E-state index is 0.294. The summed E-state index contributed by atoms with van der Waals surface area (Å²) in [6, 6.07) is 3.95. The second kappa shape index (κ2) is 7.60. The van der Waals surface area contributed by atoms with Crippen LogP contribution in [-0.2, 0) is 14.3 Å². The van der Waals surface area contributed by atoms with E-state index in [4.69, 9.17) is 9.47 Å². The SMILES string of the molecule is O=C(/C=C/c1ccc(O)c(O)c1)OC[C@H]1O[C@@H](O)[C@H](O)[C@H](O)[C@@H]1O. The summed E-state index contributed by atoms with van der Waals surface area (Å²) < 4.78 is 9.69. The van der Waals surface area contributed by atoms with Gasteiger partial charge < -0.3 is 40.1 Å². The van der Waals surface area contributed by atoms with Crippen LogP contribution in [0.2, 0.25) is 0 Å². The number of esters is 1. The first-order chi connectivity index (χ1) is 11.3. The first-order valence-corrected chi connectivity index (χ1v) is 7.04. The van der Waals surface area contributed by atoms with Crippen LogP contribution in [0.15, 0.2) is 24.3 Å². The Morgan fingerprint density at radius 3 is 2.46 bits per heavy atom. The average molecular weight is 342 g/mol. The van der Waals surface area contributed by atoms with Crippen molar-refractivity contribution >= 4 is 12.0 Å². The molecule has 1 aliphatic rings. The molecule has 1 fully saturated rings. The molecule has 1 aliphatic heterocycles. The van der Waals surface area contributed by atoms with E-state index in [2.05, 4.69) is 0 Å². The number of phenolic OH excluding ortho intramolecular Hbond substituents is 2. The molecular weight excluding hydrogens is 324 g/mol. The Balaban J connectivity index is 1.88. The van der Waals surface area contributed by atoms with E-state index in [1.807, 2.05) is 0 Å². The Morgan fingerprint density at radius 2 is 1.79 bits per heavy atom.